The van der Waals surface area contributed by atoms with Crippen molar-refractivity contribution in [1.29, 1.82) is 0 Å². The maximum atomic E-state index is 5.62. The van der Waals surface area contributed by atoms with E-state index in [4.69, 9.17) is 9.47 Å². The Labute approximate surface area is 152 Å². The van der Waals surface area contributed by atoms with Gasteiger partial charge in [0.1, 0.15) is 0 Å². The van der Waals surface area contributed by atoms with E-state index in [1.54, 1.807) is 14.2 Å². The van der Waals surface area contributed by atoms with E-state index in [1.807, 2.05) is 25.1 Å². The number of hydrogen-bond acceptors (Lipinski definition) is 4. The molecule has 0 aromatic heterocycles. The van der Waals surface area contributed by atoms with Gasteiger partial charge in [0.2, 0.25) is 0 Å². The first-order valence-corrected chi connectivity index (χ1v) is 8.97. The molecule has 0 aliphatic carbocycles. The van der Waals surface area contributed by atoms with Gasteiger partial charge in [-0.1, -0.05) is 0 Å². The predicted octanol–water partition coefficient (Wildman–Crippen LogP) is 3.20. The Morgan fingerprint density at radius 1 is 1.16 bits per heavy atom. The lowest BCUT2D eigenvalue weighted by molar-refractivity contribution is 0.178. The summed E-state index contributed by atoms with van der Waals surface area (Å²) in [4.78, 5) is 6.74. The number of hydrogen-bond donors (Lipinski definition) is 2. The zero-order chi connectivity index (χ0) is 18.8. The van der Waals surface area contributed by atoms with Gasteiger partial charge in [0.25, 0.3) is 0 Å². The Kier molecular flexibility index (Phi) is 9.13. The average Bonchev–Trinajstić information content (AvgIpc) is 2.57. The number of nitrogens with zero attached hydrogens (tertiary/aromatic N) is 2. The Morgan fingerprint density at radius 2 is 1.84 bits per heavy atom. The van der Waals surface area contributed by atoms with Crippen LogP contribution in [-0.2, 0) is 0 Å². The summed E-state index contributed by atoms with van der Waals surface area (Å²) in [6.07, 6.45) is 0. The maximum Gasteiger partial charge on any atom is 0.195 e. The number of methoxy groups -OCH3 is 1. The fourth-order valence-electron chi connectivity index (χ4n) is 2.75. The van der Waals surface area contributed by atoms with Crippen LogP contribution in [-0.4, -0.2) is 56.8 Å². The van der Waals surface area contributed by atoms with Gasteiger partial charge in [-0.2, -0.15) is 0 Å². The van der Waals surface area contributed by atoms with E-state index in [0.717, 1.165) is 36.2 Å². The van der Waals surface area contributed by atoms with Crippen molar-refractivity contribution in [3.63, 3.8) is 0 Å². The van der Waals surface area contributed by atoms with E-state index in [1.165, 1.54) is 0 Å². The van der Waals surface area contributed by atoms with Crippen molar-refractivity contribution < 1.29 is 9.47 Å². The second-order valence-electron chi connectivity index (χ2n) is 6.35. The third-order valence-electron chi connectivity index (χ3n) is 3.94. The lowest BCUT2D eigenvalue weighted by Gasteiger charge is -2.30. The Morgan fingerprint density at radius 3 is 2.36 bits per heavy atom. The summed E-state index contributed by atoms with van der Waals surface area (Å²) in [7, 11) is 3.41. The minimum absolute atomic E-state index is 0.520. The predicted molar refractivity (Wildman–Crippen MR) is 106 cm³/mol. The number of guanidine groups is 1. The number of ether oxygens (including phenoxy) is 2. The molecule has 0 atom stereocenters. The largest absolute Gasteiger partial charge is 0.493 e. The molecule has 0 fully saturated rings. The van der Waals surface area contributed by atoms with Gasteiger partial charge in [0.05, 0.1) is 13.7 Å². The Hall–Kier alpha value is -1.95. The molecule has 0 saturated heterocycles. The Bertz CT molecular complexity index is 536. The molecule has 0 saturated carbocycles. The van der Waals surface area contributed by atoms with Gasteiger partial charge in [-0.15, -0.1) is 0 Å². The van der Waals surface area contributed by atoms with Gasteiger partial charge in [0, 0.05) is 44.0 Å². The summed E-state index contributed by atoms with van der Waals surface area (Å²) < 4.78 is 10.9. The van der Waals surface area contributed by atoms with Crippen LogP contribution in [0.15, 0.2) is 23.2 Å². The number of benzene rings is 1. The van der Waals surface area contributed by atoms with Gasteiger partial charge >= 0.3 is 0 Å². The maximum absolute atomic E-state index is 5.62. The van der Waals surface area contributed by atoms with Gasteiger partial charge in [-0.3, -0.25) is 9.89 Å². The van der Waals surface area contributed by atoms with E-state index < -0.39 is 0 Å². The highest BCUT2D eigenvalue weighted by Gasteiger charge is 2.13. The molecule has 2 N–H and O–H groups in total. The van der Waals surface area contributed by atoms with Crippen molar-refractivity contribution in [1.82, 2.24) is 10.2 Å². The number of rotatable bonds is 9. The molecular weight excluding hydrogens is 316 g/mol. The van der Waals surface area contributed by atoms with Crippen LogP contribution in [0.4, 0.5) is 5.69 Å². The molecule has 0 amide bonds. The first-order chi connectivity index (χ1) is 11.9. The highest BCUT2D eigenvalue weighted by atomic mass is 16.5. The summed E-state index contributed by atoms with van der Waals surface area (Å²) in [5, 5.41) is 6.66. The quantitative estimate of drug-likeness (QED) is 0.529. The van der Waals surface area contributed by atoms with Crippen molar-refractivity contribution >= 4 is 11.6 Å². The van der Waals surface area contributed by atoms with Gasteiger partial charge in [-0.25, -0.2) is 0 Å². The molecule has 0 radical (unpaired) electrons. The zero-order valence-corrected chi connectivity index (χ0v) is 16.7. The van der Waals surface area contributed by atoms with Gasteiger partial charge < -0.3 is 20.1 Å². The molecule has 0 aliphatic rings. The highest BCUT2D eigenvalue weighted by Crippen LogP contribution is 2.30. The van der Waals surface area contributed by atoms with Crippen LogP contribution in [0.5, 0.6) is 11.5 Å². The molecule has 25 heavy (non-hydrogen) atoms. The third kappa shape index (κ3) is 6.82. The summed E-state index contributed by atoms with van der Waals surface area (Å²) >= 11 is 0. The van der Waals surface area contributed by atoms with E-state index in [0.29, 0.717) is 18.7 Å². The summed E-state index contributed by atoms with van der Waals surface area (Å²) in [5.74, 6) is 2.18. The smallest absolute Gasteiger partial charge is 0.195 e. The number of aliphatic imine (C=N–C) groups is 1. The molecule has 0 spiro atoms. The van der Waals surface area contributed by atoms with Crippen molar-refractivity contribution in [2.75, 3.05) is 39.2 Å². The SMILES string of the molecule is CCOc1cc(NC(=NC)NCCN(C(C)C)C(C)C)ccc1OC. The summed E-state index contributed by atoms with van der Waals surface area (Å²) in [6.45, 7) is 13.2. The van der Waals surface area contributed by atoms with E-state index in [2.05, 4.69) is 48.2 Å². The molecule has 1 rings (SSSR count). The molecular formula is C19H34N4O2. The van der Waals surface area contributed by atoms with Crippen LogP contribution < -0.4 is 20.1 Å². The van der Waals surface area contributed by atoms with Crippen LogP contribution in [0, 0.1) is 0 Å². The van der Waals surface area contributed by atoms with Crippen LogP contribution in [0.1, 0.15) is 34.6 Å². The lowest BCUT2D eigenvalue weighted by atomic mass is 10.2. The van der Waals surface area contributed by atoms with Crippen LogP contribution in [0.3, 0.4) is 0 Å². The van der Waals surface area contributed by atoms with Crippen molar-refractivity contribution in [2.45, 2.75) is 46.7 Å². The van der Waals surface area contributed by atoms with Gasteiger partial charge in [-0.05, 0) is 46.8 Å². The minimum atomic E-state index is 0.520. The van der Waals surface area contributed by atoms with E-state index in [9.17, 15) is 0 Å². The third-order valence-corrected chi connectivity index (χ3v) is 3.94. The monoisotopic (exact) mass is 350 g/mol. The van der Waals surface area contributed by atoms with E-state index >= 15 is 0 Å². The molecule has 0 heterocycles. The zero-order valence-electron chi connectivity index (χ0n) is 16.7. The molecule has 6 nitrogen and oxygen atoms in total. The Balaban J connectivity index is 2.66. The normalized spacial score (nSPS) is 12.0. The number of nitrogens with one attached hydrogen (secondary N) is 2. The number of anilines is 1. The van der Waals surface area contributed by atoms with Crippen molar-refractivity contribution in [3.8, 4) is 11.5 Å². The second kappa shape index (κ2) is 10.8. The lowest BCUT2D eigenvalue weighted by Crippen LogP contribution is -2.43. The van der Waals surface area contributed by atoms with Crippen molar-refractivity contribution in [2.24, 2.45) is 4.99 Å². The molecule has 1 aromatic rings. The van der Waals surface area contributed by atoms with Crippen molar-refractivity contribution in [3.05, 3.63) is 18.2 Å². The van der Waals surface area contributed by atoms with Crippen LogP contribution >= 0.6 is 0 Å². The van der Waals surface area contributed by atoms with E-state index in [-0.39, 0.29) is 0 Å². The average molecular weight is 351 g/mol. The first-order valence-electron chi connectivity index (χ1n) is 8.97. The molecule has 142 valence electrons. The second-order valence-corrected chi connectivity index (χ2v) is 6.35. The standard InChI is InChI=1S/C19H34N4O2/c1-8-25-18-13-16(9-10-17(18)24-7)22-19(20-6)21-11-12-23(14(2)3)15(4)5/h9-10,13-15H,8,11-12H2,1-7H3,(H2,20,21,22). The first kappa shape index (κ1) is 21.1. The molecule has 0 unspecified atom stereocenters. The highest BCUT2D eigenvalue weighted by molar-refractivity contribution is 5.93. The molecule has 6 heteroatoms. The molecule has 0 bridgehead atoms. The fourth-order valence-corrected chi connectivity index (χ4v) is 2.75. The summed E-state index contributed by atoms with van der Waals surface area (Å²) in [5.41, 5.74) is 0.905. The summed E-state index contributed by atoms with van der Waals surface area (Å²) in [6, 6.07) is 6.80. The minimum Gasteiger partial charge on any atom is -0.493 e. The van der Waals surface area contributed by atoms with Gasteiger partial charge in [0.15, 0.2) is 17.5 Å². The topological polar surface area (TPSA) is 58.1 Å². The van der Waals surface area contributed by atoms with Crippen LogP contribution in [0.25, 0.3) is 0 Å². The van der Waals surface area contributed by atoms with Crippen LogP contribution in [0.2, 0.25) is 0 Å². The molecule has 1 aromatic carbocycles. The molecule has 0 aliphatic heterocycles. The fraction of sp³-hybridized carbons (Fsp3) is 0.632.